The molecule has 3 nitrogen and oxygen atoms in total. The number of halogens is 2. The van der Waals surface area contributed by atoms with Gasteiger partial charge in [-0.25, -0.2) is 8.78 Å². The Hall–Kier alpha value is -2.27. The standard InChI is InChI=1S/C19H20F2N2O/c1-22-12-19(24)23-10-2-3-16(13-4-6-14(20)7-5-13)17-9-8-15(21)11-18(17)23/h4-9,11,16,22H,2-3,10,12H2,1H3. The van der Waals surface area contributed by atoms with E-state index in [-0.39, 0.29) is 30.0 Å². The number of nitrogens with zero attached hydrogens (tertiary/aromatic N) is 1. The van der Waals surface area contributed by atoms with Gasteiger partial charge in [-0.3, -0.25) is 4.79 Å². The van der Waals surface area contributed by atoms with E-state index in [0.717, 1.165) is 24.0 Å². The van der Waals surface area contributed by atoms with Gasteiger partial charge in [0, 0.05) is 12.5 Å². The first-order valence-corrected chi connectivity index (χ1v) is 8.10. The molecule has 0 aliphatic carbocycles. The Morgan fingerprint density at radius 3 is 2.58 bits per heavy atom. The normalized spacial score (nSPS) is 17.3. The molecule has 0 radical (unpaired) electrons. The van der Waals surface area contributed by atoms with E-state index in [0.29, 0.717) is 12.2 Å². The van der Waals surface area contributed by atoms with Crippen LogP contribution in [0.3, 0.4) is 0 Å². The molecule has 1 unspecified atom stereocenters. The molecule has 1 amide bonds. The van der Waals surface area contributed by atoms with Gasteiger partial charge in [0.2, 0.25) is 5.91 Å². The van der Waals surface area contributed by atoms with E-state index in [2.05, 4.69) is 5.32 Å². The summed E-state index contributed by atoms with van der Waals surface area (Å²) in [5, 5.41) is 2.85. The number of benzene rings is 2. The highest BCUT2D eigenvalue weighted by molar-refractivity contribution is 5.95. The molecule has 2 aromatic carbocycles. The second kappa shape index (κ2) is 7.09. The van der Waals surface area contributed by atoms with E-state index >= 15 is 0 Å². The smallest absolute Gasteiger partial charge is 0.240 e. The minimum absolute atomic E-state index is 0.0218. The topological polar surface area (TPSA) is 32.3 Å². The molecule has 0 saturated heterocycles. The lowest BCUT2D eigenvalue weighted by atomic mass is 9.87. The third-order valence-electron chi connectivity index (χ3n) is 4.43. The average Bonchev–Trinajstić information content (AvgIpc) is 2.75. The number of hydrogen-bond donors (Lipinski definition) is 1. The molecule has 0 spiro atoms. The Balaban J connectivity index is 2.05. The molecule has 0 fully saturated rings. The molecule has 0 aromatic heterocycles. The van der Waals surface area contributed by atoms with Gasteiger partial charge in [-0.2, -0.15) is 0 Å². The molecule has 1 N–H and O–H groups in total. The van der Waals surface area contributed by atoms with Crippen molar-refractivity contribution < 1.29 is 13.6 Å². The van der Waals surface area contributed by atoms with Crippen LogP contribution in [0.5, 0.6) is 0 Å². The lowest BCUT2D eigenvalue weighted by Crippen LogP contribution is -2.37. The summed E-state index contributed by atoms with van der Waals surface area (Å²) >= 11 is 0. The number of carbonyl (C=O) groups excluding carboxylic acids is 1. The molecule has 126 valence electrons. The molecule has 2 aromatic rings. The van der Waals surface area contributed by atoms with Crippen LogP contribution in [0, 0.1) is 11.6 Å². The zero-order valence-electron chi connectivity index (χ0n) is 13.6. The van der Waals surface area contributed by atoms with E-state index in [9.17, 15) is 13.6 Å². The summed E-state index contributed by atoms with van der Waals surface area (Å²) in [6, 6.07) is 11.0. The molecule has 0 saturated carbocycles. The number of rotatable bonds is 3. The fourth-order valence-corrected chi connectivity index (χ4v) is 3.32. The summed E-state index contributed by atoms with van der Waals surface area (Å²) in [7, 11) is 1.71. The van der Waals surface area contributed by atoms with Gasteiger partial charge < -0.3 is 10.2 Å². The zero-order chi connectivity index (χ0) is 17.1. The van der Waals surface area contributed by atoms with Crippen LogP contribution < -0.4 is 10.2 Å². The molecule has 3 rings (SSSR count). The third-order valence-corrected chi connectivity index (χ3v) is 4.43. The number of likely N-dealkylation sites (N-methyl/N-ethyl adjacent to an activating group) is 1. The molecular weight excluding hydrogens is 310 g/mol. The molecule has 5 heteroatoms. The maximum Gasteiger partial charge on any atom is 0.240 e. The van der Waals surface area contributed by atoms with Gasteiger partial charge in [-0.05, 0) is 55.3 Å². The fourth-order valence-electron chi connectivity index (χ4n) is 3.32. The van der Waals surface area contributed by atoms with Gasteiger partial charge in [0.1, 0.15) is 11.6 Å². The summed E-state index contributed by atoms with van der Waals surface area (Å²) in [6.07, 6.45) is 1.63. The molecule has 1 aliphatic heterocycles. The first-order valence-electron chi connectivity index (χ1n) is 8.10. The summed E-state index contributed by atoms with van der Waals surface area (Å²) in [5.41, 5.74) is 2.50. The van der Waals surface area contributed by atoms with Crippen LogP contribution in [0.15, 0.2) is 42.5 Å². The quantitative estimate of drug-likeness (QED) is 0.935. The monoisotopic (exact) mass is 330 g/mol. The van der Waals surface area contributed by atoms with Gasteiger partial charge in [0.05, 0.1) is 12.2 Å². The van der Waals surface area contributed by atoms with Gasteiger partial charge in [0.15, 0.2) is 0 Å². The molecule has 0 bridgehead atoms. The lowest BCUT2D eigenvalue weighted by molar-refractivity contribution is -0.117. The minimum Gasteiger partial charge on any atom is -0.311 e. The van der Waals surface area contributed by atoms with Crippen molar-refractivity contribution >= 4 is 11.6 Å². The van der Waals surface area contributed by atoms with E-state index in [1.54, 1.807) is 30.1 Å². The SMILES string of the molecule is CNCC(=O)N1CCCC(c2ccc(F)cc2)c2ccc(F)cc21. The number of carbonyl (C=O) groups is 1. The van der Waals surface area contributed by atoms with Crippen LogP contribution >= 0.6 is 0 Å². The molecule has 24 heavy (non-hydrogen) atoms. The summed E-state index contributed by atoms with van der Waals surface area (Å²) in [4.78, 5) is 14.1. The van der Waals surface area contributed by atoms with Crippen LogP contribution in [0.2, 0.25) is 0 Å². The predicted molar refractivity (Wildman–Crippen MR) is 90.2 cm³/mol. The Morgan fingerprint density at radius 1 is 1.17 bits per heavy atom. The van der Waals surface area contributed by atoms with E-state index in [1.807, 2.05) is 0 Å². The maximum absolute atomic E-state index is 13.8. The maximum atomic E-state index is 13.8. The largest absolute Gasteiger partial charge is 0.311 e. The number of fused-ring (bicyclic) bond motifs is 1. The van der Waals surface area contributed by atoms with Crippen molar-refractivity contribution in [2.75, 3.05) is 25.0 Å². The molecular formula is C19H20F2N2O. The Kier molecular flexibility index (Phi) is 4.90. The van der Waals surface area contributed by atoms with Crippen molar-refractivity contribution in [1.29, 1.82) is 0 Å². The van der Waals surface area contributed by atoms with Crippen LogP contribution in [-0.2, 0) is 4.79 Å². The molecule has 1 atom stereocenters. The van der Waals surface area contributed by atoms with Crippen LogP contribution in [0.1, 0.15) is 29.9 Å². The fraction of sp³-hybridized carbons (Fsp3) is 0.316. The highest BCUT2D eigenvalue weighted by atomic mass is 19.1. The Bertz CT molecular complexity index is 731. The van der Waals surface area contributed by atoms with Gasteiger partial charge in [0.25, 0.3) is 0 Å². The van der Waals surface area contributed by atoms with E-state index < -0.39 is 0 Å². The number of amides is 1. The first-order chi connectivity index (χ1) is 11.6. The van der Waals surface area contributed by atoms with E-state index in [4.69, 9.17) is 0 Å². The van der Waals surface area contributed by atoms with Gasteiger partial charge in [-0.15, -0.1) is 0 Å². The summed E-state index contributed by atoms with van der Waals surface area (Å²) in [6.45, 7) is 0.756. The summed E-state index contributed by atoms with van der Waals surface area (Å²) in [5.74, 6) is -0.703. The van der Waals surface area contributed by atoms with Crippen molar-refractivity contribution in [2.45, 2.75) is 18.8 Å². The highest BCUT2D eigenvalue weighted by Gasteiger charge is 2.27. The van der Waals surface area contributed by atoms with Crippen LogP contribution in [0.25, 0.3) is 0 Å². The minimum atomic E-state index is -0.365. The number of nitrogens with one attached hydrogen (secondary N) is 1. The third kappa shape index (κ3) is 3.31. The first kappa shape index (κ1) is 16.6. The Labute approximate surface area is 140 Å². The van der Waals surface area contributed by atoms with Crippen molar-refractivity contribution in [2.24, 2.45) is 0 Å². The van der Waals surface area contributed by atoms with E-state index in [1.165, 1.54) is 24.3 Å². The van der Waals surface area contributed by atoms with Crippen LogP contribution in [-0.4, -0.2) is 26.0 Å². The number of hydrogen-bond acceptors (Lipinski definition) is 2. The van der Waals surface area contributed by atoms with Crippen molar-refractivity contribution in [3.05, 3.63) is 65.2 Å². The van der Waals surface area contributed by atoms with Crippen LogP contribution in [0.4, 0.5) is 14.5 Å². The van der Waals surface area contributed by atoms with Crippen molar-refractivity contribution in [3.63, 3.8) is 0 Å². The van der Waals surface area contributed by atoms with Crippen molar-refractivity contribution in [1.82, 2.24) is 5.32 Å². The second-order valence-corrected chi connectivity index (χ2v) is 6.03. The average molecular weight is 330 g/mol. The van der Waals surface area contributed by atoms with Gasteiger partial charge >= 0.3 is 0 Å². The summed E-state index contributed by atoms with van der Waals surface area (Å²) < 4.78 is 27.1. The highest BCUT2D eigenvalue weighted by Crippen LogP contribution is 2.39. The van der Waals surface area contributed by atoms with Gasteiger partial charge in [-0.1, -0.05) is 18.2 Å². The number of anilines is 1. The predicted octanol–water partition coefficient (Wildman–Crippen LogP) is 3.44. The Morgan fingerprint density at radius 2 is 1.88 bits per heavy atom. The molecule has 1 heterocycles. The zero-order valence-corrected chi connectivity index (χ0v) is 13.6. The molecule has 1 aliphatic rings. The second-order valence-electron chi connectivity index (χ2n) is 6.03. The van der Waals surface area contributed by atoms with Crippen molar-refractivity contribution in [3.8, 4) is 0 Å². The lowest BCUT2D eigenvalue weighted by Gasteiger charge is -2.24.